The van der Waals surface area contributed by atoms with Crippen LogP contribution < -0.4 is 10.1 Å². The summed E-state index contributed by atoms with van der Waals surface area (Å²) in [4.78, 5) is 12.5. The second-order valence-corrected chi connectivity index (χ2v) is 3.55. The lowest BCUT2D eigenvalue weighted by Gasteiger charge is -2.05. The SMILES string of the molecule is COc1ccnc(NCCc2nccn2C)n1. The van der Waals surface area contributed by atoms with Gasteiger partial charge in [0.2, 0.25) is 11.8 Å². The van der Waals surface area contributed by atoms with Gasteiger partial charge in [0.1, 0.15) is 5.82 Å². The summed E-state index contributed by atoms with van der Waals surface area (Å²) >= 11 is 0. The lowest BCUT2D eigenvalue weighted by atomic mass is 10.4. The van der Waals surface area contributed by atoms with Crippen LogP contribution in [0.1, 0.15) is 5.82 Å². The monoisotopic (exact) mass is 233 g/mol. The third kappa shape index (κ3) is 2.93. The lowest BCUT2D eigenvalue weighted by Crippen LogP contribution is -2.10. The van der Waals surface area contributed by atoms with Crippen molar-refractivity contribution in [1.29, 1.82) is 0 Å². The Morgan fingerprint density at radius 2 is 2.24 bits per heavy atom. The topological polar surface area (TPSA) is 64.9 Å². The van der Waals surface area contributed by atoms with Crippen LogP contribution in [-0.2, 0) is 13.5 Å². The van der Waals surface area contributed by atoms with E-state index in [9.17, 15) is 0 Å². The van der Waals surface area contributed by atoms with Gasteiger partial charge < -0.3 is 14.6 Å². The van der Waals surface area contributed by atoms with E-state index in [2.05, 4.69) is 20.3 Å². The molecule has 2 rings (SSSR count). The number of nitrogens with zero attached hydrogens (tertiary/aromatic N) is 4. The molecule has 0 atom stereocenters. The third-order valence-electron chi connectivity index (χ3n) is 2.39. The Morgan fingerprint density at radius 1 is 1.35 bits per heavy atom. The zero-order chi connectivity index (χ0) is 12.1. The maximum absolute atomic E-state index is 5.02. The first-order valence-electron chi connectivity index (χ1n) is 5.36. The summed E-state index contributed by atoms with van der Waals surface area (Å²) in [5, 5.41) is 3.13. The van der Waals surface area contributed by atoms with Crippen LogP contribution in [0.3, 0.4) is 0 Å². The van der Waals surface area contributed by atoms with Gasteiger partial charge in [-0.1, -0.05) is 0 Å². The Balaban J connectivity index is 1.87. The molecule has 0 spiro atoms. The van der Waals surface area contributed by atoms with Crippen LogP contribution >= 0.6 is 0 Å². The van der Waals surface area contributed by atoms with Crippen LogP contribution in [0, 0.1) is 0 Å². The molecular weight excluding hydrogens is 218 g/mol. The molecule has 17 heavy (non-hydrogen) atoms. The van der Waals surface area contributed by atoms with Crippen LogP contribution in [0.15, 0.2) is 24.7 Å². The molecule has 0 unspecified atom stereocenters. The Bertz CT molecular complexity index is 482. The van der Waals surface area contributed by atoms with Crippen LogP contribution in [-0.4, -0.2) is 33.2 Å². The molecule has 0 saturated carbocycles. The van der Waals surface area contributed by atoms with Gasteiger partial charge in [-0.15, -0.1) is 0 Å². The van der Waals surface area contributed by atoms with Crippen molar-refractivity contribution in [2.75, 3.05) is 19.0 Å². The lowest BCUT2D eigenvalue weighted by molar-refractivity contribution is 0.397. The fourth-order valence-electron chi connectivity index (χ4n) is 1.46. The number of aromatic nitrogens is 4. The first kappa shape index (κ1) is 11.4. The van der Waals surface area contributed by atoms with Crippen molar-refractivity contribution in [2.24, 2.45) is 7.05 Å². The van der Waals surface area contributed by atoms with E-state index in [1.165, 1.54) is 0 Å². The van der Waals surface area contributed by atoms with Crippen molar-refractivity contribution in [3.63, 3.8) is 0 Å². The van der Waals surface area contributed by atoms with Crippen molar-refractivity contribution in [1.82, 2.24) is 19.5 Å². The molecule has 0 amide bonds. The number of hydrogen-bond donors (Lipinski definition) is 1. The van der Waals surface area contributed by atoms with Gasteiger partial charge in [0.25, 0.3) is 0 Å². The van der Waals surface area contributed by atoms with Gasteiger partial charge >= 0.3 is 0 Å². The Kier molecular flexibility index (Phi) is 3.54. The molecule has 0 aliphatic heterocycles. The van der Waals surface area contributed by atoms with E-state index in [1.54, 1.807) is 25.6 Å². The van der Waals surface area contributed by atoms with Crippen molar-refractivity contribution >= 4 is 5.95 Å². The number of ether oxygens (including phenoxy) is 1. The minimum atomic E-state index is 0.555. The molecule has 1 N–H and O–H groups in total. The summed E-state index contributed by atoms with van der Waals surface area (Å²) in [7, 11) is 3.56. The number of rotatable bonds is 5. The number of hydrogen-bond acceptors (Lipinski definition) is 5. The van der Waals surface area contributed by atoms with E-state index in [0.29, 0.717) is 11.8 Å². The maximum Gasteiger partial charge on any atom is 0.225 e. The number of imidazole rings is 1. The van der Waals surface area contributed by atoms with Crippen molar-refractivity contribution < 1.29 is 4.74 Å². The Hall–Kier alpha value is -2.11. The van der Waals surface area contributed by atoms with E-state index in [1.807, 2.05) is 17.8 Å². The quantitative estimate of drug-likeness (QED) is 0.830. The van der Waals surface area contributed by atoms with Crippen LogP contribution in [0.25, 0.3) is 0 Å². The largest absolute Gasteiger partial charge is 0.481 e. The van der Waals surface area contributed by atoms with Crippen molar-refractivity contribution in [3.8, 4) is 5.88 Å². The molecule has 0 aliphatic carbocycles. The van der Waals surface area contributed by atoms with Crippen LogP contribution in [0.2, 0.25) is 0 Å². The molecule has 6 nitrogen and oxygen atoms in total. The van der Waals surface area contributed by atoms with Gasteiger partial charge in [0.05, 0.1) is 7.11 Å². The summed E-state index contributed by atoms with van der Waals surface area (Å²) in [6, 6.07) is 1.71. The Morgan fingerprint density at radius 3 is 2.94 bits per heavy atom. The molecule has 2 aromatic rings. The standard InChI is InChI=1S/C11H15N5O/c1-16-8-7-12-9(16)3-5-13-11-14-6-4-10(15-11)17-2/h4,6-8H,3,5H2,1-2H3,(H,13,14,15). The summed E-state index contributed by atoms with van der Waals surface area (Å²) in [6.45, 7) is 0.734. The predicted octanol–water partition coefficient (Wildman–Crippen LogP) is 0.873. The molecule has 0 radical (unpaired) electrons. The highest BCUT2D eigenvalue weighted by molar-refractivity contribution is 5.27. The second-order valence-electron chi connectivity index (χ2n) is 3.55. The van der Waals surface area contributed by atoms with Gasteiger partial charge in [0.15, 0.2) is 0 Å². The third-order valence-corrected chi connectivity index (χ3v) is 2.39. The minimum absolute atomic E-state index is 0.555. The summed E-state index contributed by atoms with van der Waals surface area (Å²) in [6.07, 6.45) is 6.20. The first-order valence-corrected chi connectivity index (χ1v) is 5.36. The fraction of sp³-hybridized carbons (Fsp3) is 0.364. The minimum Gasteiger partial charge on any atom is -0.481 e. The number of methoxy groups -OCH3 is 1. The van der Waals surface area contributed by atoms with Gasteiger partial charge in [-0.2, -0.15) is 4.98 Å². The van der Waals surface area contributed by atoms with Crippen LogP contribution in [0.5, 0.6) is 5.88 Å². The molecule has 2 aromatic heterocycles. The molecular formula is C11H15N5O. The highest BCUT2D eigenvalue weighted by Crippen LogP contribution is 2.07. The van der Waals surface area contributed by atoms with Crippen molar-refractivity contribution in [2.45, 2.75) is 6.42 Å². The molecule has 0 aliphatic rings. The summed E-state index contributed by atoms with van der Waals surface area (Å²) in [5.41, 5.74) is 0. The number of nitrogens with one attached hydrogen (secondary N) is 1. The highest BCUT2D eigenvalue weighted by atomic mass is 16.5. The van der Waals surface area contributed by atoms with E-state index in [4.69, 9.17) is 4.74 Å². The van der Waals surface area contributed by atoms with Gasteiger partial charge in [0, 0.05) is 44.7 Å². The summed E-state index contributed by atoms with van der Waals surface area (Å²) < 4.78 is 7.01. The zero-order valence-electron chi connectivity index (χ0n) is 9.92. The zero-order valence-corrected chi connectivity index (χ0v) is 9.92. The second kappa shape index (κ2) is 5.29. The molecule has 90 valence electrons. The highest BCUT2D eigenvalue weighted by Gasteiger charge is 2.01. The van der Waals surface area contributed by atoms with E-state index >= 15 is 0 Å². The maximum atomic E-state index is 5.02. The van der Waals surface area contributed by atoms with Gasteiger partial charge in [-0.25, -0.2) is 9.97 Å². The van der Waals surface area contributed by atoms with Gasteiger partial charge in [-0.05, 0) is 0 Å². The molecule has 0 saturated heterocycles. The first-order chi connectivity index (χ1) is 8.29. The van der Waals surface area contributed by atoms with Crippen LogP contribution in [0.4, 0.5) is 5.95 Å². The fourth-order valence-corrected chi connectivity index (χ4v) is 1.46. The van der Waals surface area contributed by atoms with E-state index in [-0.39, 0.29) is 0 Å². The molecule has 6 heteroatoms. The average molecular weight is 233 g/mol. The van der Waals surface area contributed by atoms with E-state index < -0.39 is 0 Å². The Labute approximate surface area is 99.7 Å². The smallest absolute Gasteiger partial charge is 0.225 e. The predicted molar refractivity (Wildman–Crippen MR) is 64.0 cm³/mol. The van der Waals surface area contributed by atoms with Gasteiger partial charge in [-0.3, -0.25) is 0 Å². The molecule has 0 bridgehead atoms. The molecule has 2 heterocycles. The molecule has 0 fully saturated rings. The normalized spacial score (nSPS) is 10.2. The average Bonchev–Trinajstić information content (AvgIpc) is 2.76. The summed E-state index contributed by atoms with van der Waals surface area (Å²) in [5.74, 6) is 2.15. The molecule has 0 aromatic carbocycles. The number of aryl methyl sites for hydroxylation is 1. The number of anilines is 1. The van der Waals surface area contributed by atoms with E-state index in [0.717, 1.165) is 18.8 Å². The van der Waals surface area contributed by atoms with Crippen molar-refractivity contribution in [3.05, 3.63) is 30.5 Å².